The van der Waals surface area contributed by atoms with E-state index in [1.165, 1.54) is 0 Å². The first-order valence-electron chi connectivity index (χ1n) is 3.58. The molecule has 0 bridgehead atoms. The van der Waals surface area contributed by atoms with Crippen molar-refractivity contribution in [2.24, 2.45) is 0 Å². The van der Waals surface area contributed by atoms with E-state index in [1.807, 2.05) is 19.1 Å². The fourth-order valence-electron chi connectivity index (χ4n) is 1.00. The molecule has 3 heteroatoms. The average molecular weight is 205 g/mol. The maximum atomic E-state index is 5.99. The van der Waals surface area contributed by atoms with E-state index in [9.17, 15) is 0 Å². The predicted octanol–water partition coefficient (Wildman–Crippen LogP) is 3.40. The van der Waals surface area contributed by atoms with Gasteiger partial charge in [-0.1, -0.05) is 17.7 Å². The third-order valence-corrected chi connectivity index (χ3v) is 2.58. The molecule has 1 rings (SSSR count). The molecule has 0 saturated carbocycles. The Morgan fingerprint density at radius 3 is 2.58 bits per heavy atom. The second-order valence-electron chi connectivity index (χ2n) is 2.50. The Bertz CT molecular complexity index is 255. The number of benzene rings is 1. The van der Waals surface area contributed by atoms with Crippen LogP contribution in [0.4, 0.5) is 0 Å². The summed E-state index contributed by atoms with van der Waals surface area (Å²) >= 11 is 11.7. The van der Waals surface area contributed by atoms with Crippen molar-refractivity contribution >= 4 is 23.2 Å². The van der Waals surface area contributed by atoms with Crippen molar-refractivity contribution in [3.05, 3.63) is 28.3 Å². The van der Waals surface area contributed by atoms with Gasteiger partial charge in [-0.3, -0.25) is 0 Å². The molecule has 0 aliphatic carbocycles. The van der Waals surface area contributed by atoms with Crippen LogP contribution in [0.25, 0.3) is 0 Å². The molecular formula is C9H10Cl2O. The van der Waals surface area contributed by atoms with Crippen LogP contribution >= 0.6 is 23.2 Å². The van der Waals surface area contributed by atoms with Gasteiger partial charge in [-0.25, -0.2) is 0 Å². The van der Waals surface area contributed by atoms with Gasteiger partial charge in [0.2, 0.25) is 0 Å². The molecule has 0 unspecified atom stereocenters. The zero-order valence-corrected chi connectivity index (χ0v) is 8.54. The number of ether oxygens (including phenoxy) is 1. The molecular weight excluding hydrogens is 195 g/mol. The molecule has 1 aromatic rings. The smallest absolute Gasteiger partial charge is 0.137 e. The van der Waals surface area contributed by atoms with Crippen LogP contribution in [-0.4, -0.2) is 7.11 Å². The van der Waals surface area contributed by atoms with Gasteiger partial charge in [0.05, 0.1) is 12.1 Å². The molecule has 0 radical (unpaired) electrons. The lowest BCUT2D eigenvalue weighted by molar-refractivity contribution is 0.414. The molecule has 0 spiro atoms. The second kappa shape index (κ2) is 4.01. The van der Waals surface area contributed by atoms with Crippen LogP contribution in [0.15, 0.2) is 12.1 Å². The number of hydrogen-bond acceptors (Lipinski definition) is 1. The lowest BCUT2D eigenvalue weighted by Crippen LogP contribution is -1.90. The Balaban J connectivity index is 3.20. The van der Waals surface area contributed by atoms with Crippen molar-refractivity contribution in [1.82, 2.24) is 0 Å². The van der Waals surface area contributed by atoms with Gasteiger partial charge in [-0.15, -0.1) is 11.6 Å². The Hall–Kier alpha value is -0.400. The van der Waals surface area contributed by atoms with E-state index in [1.54, 1.807) is 7.11 Å². The first kappa shape index (κ1) is 9.69. The Morgan fingerprint density at radius 2 is 2.08 bits per heavy atom. The number of hydrogen-bond donors (Lipinski definition) is 0. The summed E-state index contributed by atoms with van der Waals surface area (Å²) in [7, 11) is 1.60. The standard InChI is InChI=1S/C9H10Cl2O/c1-6-7(5-10)3-4-8(12-2)9(6)11/h3-4H,5H2,1-2H3. The van der Waals surface area contributed by atoms with Crippen LogP contribution in [0.3, 0.4) is 0 Å². The summed E-state index contributed by atoms with van der Waals surface area (Å²) in [4.78, 5) is 0. The molecule has 12 heavy (non-hydrogen) atoms. The third-order valence-electron chi connectivity index (χ3n) is 1.83. The fraction of sp³-hybridized carbons (Fsp3) is 0.333. The highest BCUT2D eigenvalue weighted by Gasteiger charge is 2.06. The van der Waals surface area contributed by atoms with Crippen LogP contribution in [0.2, 0.25) is 5.02 Å². The van der Waals surface area contributed by atoms with E-state index < -0.39 is 0 Å². The van der Waals surface area contributed by atoms with Crippen LogP contribution in [0.5, 0.6) is 5.75 Å². The minimum absolute atomic E-state index is 0.482. The molecule has 0 aromatic heterocycles. The third kappa shape index (κ3) is 1.67. The predicted molar refractivity (Wildman–Crippen MR) is 52.3 cm³/mol. The van der Waals surface area contributed by atoms with Crippen molar-refractivity contribution in [2.45, 2.75) is 12.8 Å². The minimum Gasteiger partial charge on any atom is -0.495 e. The van der Waals surface area contributed by atoms with E-state index in [-0.39, 0.29) is 0 Å². The molecule has 1 aromatic carbocycles. The summed E-state index contributed by atoms with van der Waals surface area (Å²) in [5.74, 6) is 1.18. The van der Waals surface area contributed by atoms with Crippen molar-refractivity contribution in [1.29, 1.82) is 0 Å². The highest BCUT2D eigenvalue weighted by Crippen LogP contribution is 2.30. The summed E-state index contributed by atoms with van der Waals surface area (Å²) in [6.45, 7) is 1.93. The van der Waals surface area contributed by atoms with Crippen LogP contribution in [-0.2, 0) is 5.88 Å². The monoisotopic (exact) mass is 204 g/mol. The molecule has 0 amide bonds. The maximum absolute atomic E-state index is 5.99. The lowest BCUT2D eigenvalue weighted by atomic mass is 10.1. The quantitative estimate of drug-likeness (QED) is 0.672. The average Bonchev–Trinajstić information content (AvgIpc) is 2.10. The molecule has 0 aliphatic heterocycles. The highest BCUT2D eigenvalue weighted by molar-refractivity contribution is 6.33. The van der Waals surface area contributed by atoms with Gasteiger partial charge in [0.25, 0.3) is 0 Å². The second-order valence-corrected chi connectivity index (χ2v) is 3.14. The number of methoxy groups -OCH3 is 1. The Morgan fingerprint density at radius 1 is 1.42 bits per heavy atom. The van der Waals surface area contributed by atoms with Crippen molar-refractivity contribution in [3.63, 3.8) is 0 Å². The normalized spacial score (nSPS) is 10.0. The van der Waals surface area contributed by atoms with Gasteiger partial charge in [-0.2, -0.15) is 0 Å². The summed E-state index contributed by atoms with van der Waals surface area (Å²) in [6.07, 6.45) is 0. The van der Waals surface area contributed by atoms with Crippen LogP contribution < -0.4 is 4.74 Å². The minimum atomic E-state index is 0.482. The number of rotatable bonds is 2. The van der Waals surface area contributed by atoms with E-state index in [0.29, 0.717) is 16.7 Å². The van der Waals surface area contributed by atoms with Crippen molar-refractivity contribution < 1.29 is 4.74 Å². The summed E-state index contributed by atoms with van der Waals surface area (Å²) in [6, 6.07) is 3.75. The first-order chi connectivity index (χ1) is 5.70. The molecule has 0 fully saturated rings. The molecule has 0 heterocycles. The summed E-state index contributed by atoms with van der Waals surface area (Å²) in [5.41, 5.74) is 2.04. The first-order valence-corrected chi connectivity index (χ1v) is 4.50. The number of alkyl halides is 1. The molecule has 0 aliphatic rings. The van der Waals surface area contributed by atoms with Crippen molar-refractivity contribution in [3.8, 4) is 5.75 Å². The van der Waals surface area contributed by atoms with Crippen LogP contribution in [0.1, 0.15) is 11.1 Å². The topological polar surface area (TPSA) is 9.23 Å². The Kier molecular flexibility index (Phi) is 3.24. The van der Waals surface area contributed by atoms with Gasteiger partial charge in [0.1, 0.15) is 5.75 Å². The molecule has 66 valence electrons. The van der Waals surface area contributed by atoms with Gasteiger partial charge >= 0.3 is 0 Å². The molecule has 0 saturated heterocycles. The van der Waals surface area contributed by atoms with Gasteiger partial charge in [0, 0.05) is 5.88 Å². The Labute approximate surface area is 82.2 Å². The fourth-order valence-corrected chi connectivity index (χ4v) is 1.55. The zero-order valence-electron chi connectivity index (χ0n) is 7.03. The van der Waals surface area contributed by atoms with Gasteiger partial charge in [-0.05, 0) is 24.1 Å². The SMILES string of the molecule is COc1ccc(CCl)c(C)c1Cl. The van der Waals surface area contributed by atoms with Gasteiger partial charge in [0.15, 0.2) is 0 Å². The van der Waals surface area contributed by atoms with E-state index in [4.69, 9.17) is 27.9 Å². The lowest BCUT2D eigenvalue weighted by Gasteiger charge is -2.08. The molecule has 1 nitrogen and oxygen atoms in total. The van der Waals surface area contributed by atoms with Gasteiger partial charge < -0.3 is 4.74 Å². The van der Waals surface area contributed by atoms with Crippen LogP contribution in [0, 0.1) is 6.92 Å². The number of halogens is 2. The van der Waals surface area contributed by atoms with Crippen molar-refractivity contribution in [2.75, 3.05) is 7.11 Å². The zero-order chi connectivity index (χ0) is 9.14. The highest BCUT2D eigenvalue weighted by atomic mass is 35.5. The summed E-state index contributed by atoms with van der Waals surface area (Å²) < 4.78 is 5.05. The van der Waals surface area contributed by atoms with E-state index in [0.717, 1.165) is 11.1 Å². The molecule has 0 N–H and O–H groups in total. The largest absolute Gasteiger partial charge is 0.495 e. The maximum Gasteiger partial charge on any atom is 0.137 e. The van der Waals surface area contributed by atoms with E-state index in [2.05, 4.69) is 0 Å². The summed E-state index contributed by atoms with van der Waals surface area (Å²) in [5, 5.41) is 0.649. The molecule has 0 atom stereocenters. The van der Waals surface area contributed by atoms with E-state index >= 15 is 0 Å².